The van der Waals surface area contributed by atoms with E-state index in [1.165, 1.54) is 19.3 Å². The van der Waals surface area contributed by atoms with Crippen LogP contribution in [0.25, 0.3) is 0 Å². The number of aliphatic imine (C=N–C) groups is 1. The van der Waals surface area contributed by atoms with Gasteiger partial charge in [0.1, 0.15) is 0 Å². The summed E-state index contributed by atoms with van der Waals surface area (Å²) in [5.41, 5.74) is 8.46. The van der Waals surface area contributed by atoms with Gasteiger partial charge in [-0.3, -0.25) is 5.43 Å². The second-order valence-corrected chi connectivity index (χ2v) is 5.29. The number of hydrogen-bond acceptors (Lipinski definition) is 5. The Bertz CT molecular complexity index is 502. The van der Waals surface area contributed by atoms with Crippen molar-refractivity contribution in [2.75, 3.05) is 13.1 Å². The lowest BCUT2D eigenvalue weighted by Gasteiger charge is -2.29. The molecule has 20 heavy (non-hydrogen) atoms. The van der Waals surface area contributed by atoms with Crippen molar-refractivity contribution < 1.29 is 0 Å². The fraction of sp³-hybridized carbons (Fsp3) is 0.467. The van der Waals surface area contributed by atoms with Crippen molar-refractivity contribution in [2.45, 2.75) is 32.2 Å². The molecule has 2 N–H and O–H groups in total. The van der Waals surface area contributed by atoms with E-state index in [0.29, 0.717) is 0 Å². The molecule has 1 aromatic rings. The van der Waals surface area contributed by atoms with Crippen LogP contribution in [0, 0.1) is 0 Å². The number of hydrazone groups is 1. The zero-order valence-electron chi connectivity index (χ0n) is 11.8. The maximum absolute atomic E-state index is 4.66. The summed E-state index contributed by atoms with van der Waals surface area (Å²) < 4.78 is 0. The lowest BCUT2D eigenvalue weighted by atomic mass is 10.0. The van der Waals surface area contributed by atoms with Gasteiger partial charge in [0.2, 0.25) is 5.96 Å². The van der Waals surface area contributed by atoms with E-state index in [4.69, 9.17) is 0 Å². The topological polar surface area (TPSA) is 52.0 Å². The standard InChI is InChI=1S/C15H21N5/c1-12-14(13-8-4-2-5-9-13)17-18-15(16-12)19-20-10-6-3-7-11-20/h2,4-5,8-9,12H,3,6-7,10-11H2,1H3,(H2,16,18,19). The Kier molecular flexibility index (Phi) is 3.97. The number of rotatable bonds is 2. The molecular weight excluding hydrogens is 250 g/mol. The summed E-state index contributed by atoms with van der Waals surface area (Å²) in [7, 11) is 0. The van der Waals surface area contributed by atoms with Crippen LogP contribution < -0.4 is 10.9 Å². The molecule has 0 amide bonds. The summed E-state index contributed by atoms with van der Waals surface area (Å²) in [5, 5.41) is 6.69. The third-order valence-corrected chi connectivity index (χ3v) is 3.69. The van der Waals surface area contributed by atoms with E-state index in [1.807, 2.05) is 18.2 Å². The third kappa shape index (κ3) is 2.99. The van der Waals surface area contributed by atoms with Crippen molar-refractivity contribution in [3.05, 3.63) is 35.9 Å². The van der Waals surface area contributed by atoms with E-state index in [1.54, 1.807) is 0 Å². The molecule has 0 saturated carbocycles. The normalized spacial score (nSPS) is 23.6. The zero-order valence-corrected chi connectivity index (χ0v) is 11.8. The highest BCUT2D eigenvalue weighted by Gasteiger charge is 2.19. The molecule has 0 radical (unpaired) electrons. The van der Waals surface area contributed by atoms with E-state index in [0.717, 1.165) is 30.3 Å². The second-order valence-electron chi connectivity index (χ2n) is 5.29. The number of hydrazine groups is 1. The highest BCUT2D eigenvalue weighted by Crippen LogP contribution is 2.10. The summed E-state index contributed by atoms with van der Waals surface area (Å²) >= 11 is 0. The predicted molar refractivity (Wildman–Crippen MR) is 81.6 cm³/mol. The molecule has 5 heteroatoms. The molecule has 3 rings (SSSR count). The third-order valence-electron chi connectivity index (χ3n) is 3.69. The molecule has 0 aromatic heterocycles. The minimum atomic E-state index is 0.0611. The average molecular weight is 271 g/mol. The van der Waals surface area contributed by atoms with Gasteiger partial charge in [-0.1, -0.05) is 36.8 Å². The first kappa shape index (κ1) is 13.1. The molecule has 5 nitrogen and oxygen atoms in total. The SMILES string of the molecule is CC1N=C(NN2CCCCC2)NN=C1c1ccccc1. The van der Waals surface area contributed by atoms with E-state index in [-0.39, 0.29) is 6.04 Å². The average Bonchev–Trinajstić information content (AvgIpc) is 2.49. The summed E-state index contributed by atoms with van der Waals surface area (Å²) in [4.78, 5) is 4.66. The lowest BCUT2D eigenvalue weighted by Crippen LogP contribution is -2.51. The summed E-state index contributed by atoms with van der Waals surface area (Å²) in [6.45, 7) is 4.22. The largest absolute Gasteiger partial charge is 0.288 e. The van der Waals surface area contributed by atoms with Crippen molar-refractivity contribution in [2.24, 2.45) is 10.1 Å². The second kappa shape index (κ2) is 6.05. The van der Waals surface area contributed by atoms with Crippen LogP contribution in [0.3, 0.4) is 0 Å². The molecule has 0 spiro atoms. The van der Waals surface area contributed by atoms with Gasteiger partial charge in [-0.25, -0.2) is 15.4 Å². The van der Waals surface area contributed by atoms with E-state index in [2.05, 4.69) is 45.0 Å². The van der Waals surface area contributed by atoms with Gasteiger partial charge >= 0.3 is 0 Å². The summed E-state index contributed by atoms with van der Waals surface area (Å²) in [6, 6.07) is 10.2. The molecular formula is C15H21N5. The predicted octanol–water partition coefficient (Wildman–Crippen LogP) is 1.73. The molecule has 1 atom stereocenters. The van der Waals surface area contributed by atoms with Crippen LogP contribution in [0.5, 0.6) is 0 Å². The quantitative estimate of drug-likeness (QED) is 0.861. The zero-order chi connectivity index (χ0) is 13.8. The maximum atomic E-state index is 4.66. The van der Waals surface area contributed by atoms with Gasteiger partial charge in [0, 0.05) is 13.1 Å². The molecule has 0 bridgehead atoms. The highest BCUT2D eigenvalue weighted by atomic mass is 15.6. The fourth-order valence-corrected chi connectivity index (χ4v) is 2.61. The number of nitrogens with one attached hydrogen (secondary N) is 2. The summed E-state index contributed by atoms with van der Waals surface area (Å²) in [5.74, 6) is 0.749. The van der Waals surface area contributed by atoms with Gasteiger partial charge in [-0.15, -0.1) is 0 Å². The number of piperidine rings is 1. The fourth-order valence-electron chi connectivity index (χ4n) is 2.61. The van der Waals surface area contributed by atoms with Gasteiger partial charge < -0.3 is 0 Å². The maximum Gasteiger partial charge on any atom is 0.227 e. The molecule has 2 aliphatic heterocycles. The Morgan fingerprint density at radius 1 is 1.15 bits per heavy atom. The van der Waals surface area contributed by atoms with Crippen molar-refractivity contribution in [1.82, 2.24) is 15.9 Å². The number of nitrogens with zero attached hydrogens (tertiary/aromatic N) is 3. The van der Waals surface area contributed by atoms with Crippen molar-refractivity contribution in [1.29, 1.82) is 0 Å². The first-order valence-electron chi connectivity index (χ1n) is 7.31. The van der Waals surface area contributed by atoms with Crippen LogP contribution in [-0.4, -0.2) is 35.8 Å². The smallest absolute Gasteiger partial charge is 0.227 e. The van der Waals surface area contributed by atoms with Crippen LogP contribution in [0.15, 0.2) is 40.4 Å². The number of hydrogen-bond donors (Lipinski definition) is 2. The van der Waals surface area contributed by atoms with Crippen LogP contribution in [0.2, 0.25) is 0 Å². The minimum Gasteiger partial charge on any atom is -0.288 e. The van der Waals surface area contributed by atoms with Crippen LogP contribution in [0.1, 0.15) is 31.7 Å². The van der Waals surface area contributed by atoms with E-state index in [9.17, 15) is 0 Å². The minimum absolute atomic E-state index is 0.0611. The molecule has 106 valence electrons. The first-order chi connectivity index (χ1) is 9.83. The summed E-state index contributed by atoms with van der Waals surface area (Å²) in [6.07, 6.45) is 3.81. The van der Waals surface area contributed by atoms with E-state index < -0.39 is 0 Å². The Morgan fingerprint density at radius 3 is 2.60 bits per heavy atom. The van der Waals surface area contributed by atoms with Crippen LogP contribution in [-0.2, 0) is 0 Å². The molecule has 0 aliphatic carbocycles. The highest BCUT2D eigenvalue weighted by molar-refractivity contribution is 6.07. The van der Waals surface area contributed by atoms with Gasteiger partial charge in [0.05, 0.1) is 11.8 Å². The number of benzene rings is 1. The van der Waals surface area contributed by atoms with Gasteiger partial charge in [0.15, 0.2) is 0 Å². The molecule has 1 aromatic carbocycles. The number of guanidine groups is 1. The Balaban J connectivity index is 1.64. The van der Waals surface area contributed by atoms with Crippen LogP contribution >= 0.6 is 0 Å². The van der Waals surface area contributed by atoms with Gasteiger partial charge in [-0.2, -0.15) is 5.10 Å². The van der Waals surface area contributed by atoms with Crippen molar-refractivity contribution >= 4 is 11.7 Å². The van der Waals surface area contributed by atoms with Gasteiger partial charge in [0.25, 0.3) is 0 Å². The lowest BCUT2D eigenvalue weighted by molar-refractivity contribution is 0.191. The molecule has 2 heterocycles. The van der Waals surface area contributed by atoms with Gasteiger partial charge in [-0.05, 0) is 25.3 Å². The molecule has 1 saturated heterocycles. The monoisotopic (exact) mass is 271 g/mol. The Labute approximate surface area is 119 Å². The van der Waals surface area contributed by atoms with E-state index >= 15 is 0 Å². The Hall–Kier alpha value is -1.88. The Morgan fingerprint density at radius 2 is 1.90 bits per heavy atom. The molecule has 2 aliphatic rings. The van der Waals surface area contributed by atoms with Crippen molar-refractivity contribution in [3.8, 4) is 0 Å². The van der Waals surface area contributed by atoms with Crippen molar-refractivity contribution in [3.63, 3.8) is 0 Å². The molecule has 1 fully saturated rings. The van der Waals surface area contributed by atoms with Crippen LogP contribution in [0.4, 0.5) is 0 Å². The molecule has 1 unspecified atom stereocenters. The first-order valence-corrected chi connectivity index (χ1v) is 7.31.